The van der Waals surface area contributed by atoms with Crippen LogP contribution >= 0.6 is 11.9 Å². The first-order valence-electron chi connectivity index (χ1n) is 2.62. The Kier molecular flexibility index (Phi) is 5.04. The number of rotatable bonds is 1. The molecule has 0 bridgehead atoms. The van der Waals surface area contributed by atoms with Gasteiger partial charge < -0.3 is 4.29 Å². The summed E-state index contributed by atoms with van der Waals surface area (Å²) in [4.78, 5) is 10.2. The minimum atomic E-state index is -0.690. The van der Waals surface area contributed by atoms with Crippen molar-refractivity contribution in [1.29, 1.82) is 0 Å². The maximum absolute atomic E-state index is 10.2. The largest absolute Gasteiger partial charge is 0.402 e. The Morgan fingerprint density at radius 1 is 1.78 bits per heavy atom. The van der Waals surface area contributed by atoms with Crippen LogP contribution in [0.4, 0.5) is 0 Å². The Bertz CT molecular complexity index is 143. The van der Waals surface area contributed by atoms with Crippen molar-refractivity contribution in [2.45, 2.75) is 19.8 Å². The van der Waals surface area contributed by atoms with E-state index in [4.69, 9.17) is 0 Å². The molecule has 3 heteroatoms. The Morgan fingerprint density at radius 2 is 2.44 bits per heavy atom. The first-order valence-corrected chi connectivity index (χ1v) is 2.93. The molecular weight excluding hydrogens is 140 g/mol. The normalized spacial score (nSPS) is 7.33. The van der Waals surface area contributed by atoms with Gasteiger partial charge in [-0.1, -0.05) is 12.8 Å². The SMILES string of the molecule is CCCC#CC(=O)OCl. The van der Waals surface area contributed by atoms with Gasteiger partial charge in [0.05, 0.1) is 0 Å². The van der Waals surface area contributed by atoms with Crippen molar-refractivity contribution >= 4 is 17.8 Å². The molecule has 9 heavy (non-hydrogen) atoms. The second-order valence-electron chi connectivity index (χ2n) is 1.42. The molecule has 2 nitrogen and oxygen atoms in total. The number of hydrogen-bond acceptors (Lipinski definition) is 2. The second-order valence-corrected chi connectivity index (χ2v) is 1.57. The Morgan fingerprint density at radius 3 is 2.89 bits per heavy atom. The summed E-state index contributed by atoms with van der Waals surface area (Å²) in [5, 5.41) is 0. The fraction of sp³-hybridized carbons (Fsp3) is 0.500. The highest BCUT2D eigenvalue weighted by Gasteiger charge is 1.89. The second kappa shape index (κ2) is 5.46. The molecule has 0 unspecified atom stereocenters. The molecule has 0 aliphatic rings. The third-order valence-electron chi connectivity index (χ3n) is 0.636. The van der Waals surface area contributed by atoms with E-state index in [0.29, 0.717) is 6.42 Å². The van der Waals surface area contributed by atoms with E-state index < -0.39 is 5.97 Å². The summed E-state index contributed by atoms with van der Waals surface area (Å²) in [5.74, 6) is 4.08. The van der Waals surface area contributed by atoms with E-state index in [-0.39, 0.29) is 0 Å². The molecule has 0 saturated carbocycles. The van der Waals surface area contributed by atoms with Gasteiger partial charge in [-0.3, -0.25) is 0 Å². The van der Waals surface area contributed by atoms with Gasteiger partial charge in [0.1, 0.15) is 11.9 Å². The molecule has 0 heterocycles. The molecule has 0 spiro atoms. The molecular formula is C6H7ClO2. The highest BCUT2D eigenvalue weighted by molar-refractivity contribution is 6.15. The van der Waals surface area contributed by atoms with Gasteiger partial charge >= 0.3 is 5.97 Å². The fourth-order valence-electron chi connectivity index (χ4n) is 0.279. The zero-order valence-electron chi connectivity index (χ0n) is 5.11. The average Bonchev–Trinajstić information content (AvgIpc) is 1.89. The minimum absolute atomic E-state index is 0.690. The summed E-state index contributed by atoms with van der Waals surface area (Å²) >= 11 is 4.68. The highest BCUT2D eigenvalue weighted by Crippen LogP contribution is 1.83. The molecule has 0 aromatic carbocycles. The summed E-state index contributed by atoms with van der Waals surface area (Å²) in [6.07, 6.45) is 1.63. The van der Waals surface area contributed by atoms with Crippen molar-refractivity contribution in [3.05, 3.63) is 0 Å². The van der Waals surface area contributed by atoms with Crippen molar-refractivity contribution in [2.24, 2.45) is 0 Å². The summed E-state index contributed by atoms with van der Waals surface area (Å²) in [7, 11) is 0. The predicted octanol–water partition coefficient (Wildman–Crippen LogP) is 1.49. The molecule has 0 aliphatic carbocycles. The Balaban J connectivity index is 3.46. The average molecular weight is 147 g/mol. The minimum Gasteiger partial charge on any atom is -0.337 e. The van der Waals surface area contributed by atoms with Crippen LogP contribution in [-0.2, 0) is 9.08 Å². The van der Waals surface area contributed by atoms with Crippen LogP contribution in [0, 0.1) is 11.8 Å². The summed E-state index contributed by atoms with van der Waals surface area (Å²) in [6, 6.07) is 0. The van der Waals surface area contributed by atoms with E-state index in [2.05, 4.69) is 28.0 Å². The van der Waals surface area contributed by atoms with Gasteiger partial charge in [-0.15, -0.1) is 0 Å². The van der Waals surface area contributed by atoms with Gasteiger partial charge in [-0.05, 0) is 6.42 Å². The number of hydrogen-bond donors (Lipinski definition) is 0. The Labute approximate surface area is 59.3 Å². The van der Waals surface area contributed by atoms with Crippen molar-refractivity contribution < 1.29 is 9.08 Å². The number of halogens is 1. The first-order chi connectivity index (χ1) is 4.31. The van der Waals surface area contributed by atoms with Gasteiger partial charge in [0.2, 0.25) is 0 Å². The molecule has 0 amide bonds. The molecule has 50 valence electrons. The molecule has 0 aliphatic heterocycles. The highest BCUT2D eigenvalue weighted by atomic mass is 35.5. The monoisotopic (exact) mass is 146 g/mol. The predicted molar refractivity (Wildman–Crippen MR) is 34.6 cm³/mol. The zero-order chi connectivity index (χ0) is 7.11. The molecule has 0 radical (unpaired) electrons. The van der Waals surface area contributed by atoms with Gasteiger partial charge in [-0.2, -0.15) is 0 Å². The van der Waals surface area contributed by atoms with E-state index >= 15 is 0 Å². The standard InChI is InChI=1S/C6H7ClO2/c1-2-3-4-5-6(8)9-7/h2-3H2,1H3. The van der Waals surface area contributed by atoms with Gasteiger partial charge in [-0.25, -0.2) is 4.79 Å². The molecule has 0 fully saturated rings. The smallest absolute Gasteiger partial charge is 0.337 e. The number of carbonyl (C=O) groups is 1. The summed E-state index contributed by atoms with van der Waals surface area (Å²) in [6.45, 7) is 1.97. The van der Waals surface area contributed by atoms with Crippen molar-refractivity contribution in [2.75, 3.05) is 0 Å². The van der Waals surface area contributed by atoms with Crippen LogP contribution in [0.3, 0.4) is 0 Å². The van der Waals surface area contributed by atoms with Gasteiger partial charge in [0.25, 0.3) is 0 Å². The Hall–Kier alpha value is -0.680. The van der Waals surface area contributed by atoms with E-state index in [9.17, 15) is 4.79 Å². The van der Waals surface area contributed by atoms with Crippen molar-refractivity contribution in [3.8, 4) is 11.8 Å². The van der Waals surface area contributed by atoms with E-state index in [0.717, 1.165) is 6.42 Å². The summed E-state index contributed by atoms with van der Waals surface area (Å²) < 4.78 is 3.76. The maximum atomic E-state index is 10.2. The van der Waals surface area contributed by atoms with Gasteiger partial charge in [0.15, 0.2) is 0 Å². The lowest BCUT2D eigenvalue weighted by molar-refractivity contribution is -0.127. The van der Waals surface area contributed by atoms with Crippen LogP contribution in [0.15, 0.2) is 0 Å². The molecule has 0 atom stereocenters. The zero-order valence-corrected chi connectivity index (χ0v) is 5.86. The van der Waals surface area contributed by atoms with Crippen LogP contribution in [0.2, 0.25) is 0 Å². The first kappa shape index (κ1) is 8.32. The third kappa shape index (κ3) is 5.19. The van der Waals surface area contributed by atoms with Crippen LogP contribution in [0.25, 0.3) is 0 Å². The topological polar surface area (TPSA) is 26.3 Å². The fourth-order valence-corrected chi connectivity index (χ4v) is 0.318. The van der Waals surface area contributed by atoms with Crippen molar-refractivity contribution in [1.82, 2.24) is 0 Å². The lowest BCUT2D eigenvalue weighted by atomic mass is 10.3. The number of unbranched alkanes of at least 4 members (excludes halogenated alkanes) is 1. The molecule has 0 N–H and O–H groups in total. The van der Waals surface area contributed by atoms with Crippen LogP contribution < -0.4 is 0 Å². The van der Waals surface area contributed by atoms with Crippen LogP contribution in [-0.4, -0.2) is 5.97 Å². The molecule has 0 aromatic heterocycles. The molecule has 0 aromatic rings. The molecule has 0 rings (SSSR count). The maximum Gasteiger partial charge on any atom is 0.402 e. The van der Waals surface area contributed by atoms with Gasteiger partial charge in [0, 0.05) is 12.3 Å². The van der Waals surface area contributed by atoms with Crippen LogP contribution in [0.5, 0.6) is 0 Å². The van der Waals surface area contributed by atoms with E-state index in [1.54, 1.807) is 0 Å². The van der Waals surface area contributed by atoms with Crippen LogP contribution in [0.1, 0.15) is 19.8 Å². The lowest BCUT2D eigenvalue weighted by Gasteiger charge is -1.78. The third-order valence-corrected chi connectivity index (χ3v) is 0.776. The van der Waals surface area contributed by atoms with E-state index in [1.165, 1.54) is 0 Å². The van der Waals surface area contributed by atoms with Crippen molar-refractivity contribution in [3.63, 3.8) is 0 Å². The lowest BCUT2D eigenvalue weighted by Crippen LogP contribution is -1.89. The quantitative estimate of drug-likeness (QED) is 0.524. The number of carbonyl (C=O) groups excluding carboxylic acids is 1. The molecule has 0 saturated heterocycles. The van der Waals surface area contributed by atoms with E-state index in [1.807, 2.05) is 6.92 Å². The summed E-state index contributed by atoms with van der Waals surface area (Å²) in [5.41, 5.74) is 0.